The van der Waals surface area contributed by atoms with Crippen molar-refractivity contribution in [1.29, 1.82) is 0 Å². The average Bonchev–Trinajstić information content (AvgIpc) is 3.18. The van der Waals surface area contributed by atoms with Crippen molar-refractivity contribution in [3.8, 4) is 28.8 Å². The number of ether oxygens (including phenoxy) is 1. The first-order valence-corrected chi connectivity index (χ1v) is 8.27. The number of hydrogen-bond acceptors (Lipinski definition) is 5. The van der Waals surface area contributed by atoms with E-state index >= 15 is 0 Å². The van der Waals surface area contributed by atoms with Crippen molar-refractivity contribution in [3.63, 3.8) is 0 Å². The molecule has 0 unspecified atom stereocenters. The zero-order chi connectivity index (χ0) is 16.7. The number of fused-ring (bicyclic) bond motifs is 3. The average molecular weight is 324 g/mol. The lowest BCUT2D eigenvalue weighted by Crippen LogP contribution is -2.06. The van der Waals surface area contributed by atoms with Crippen LogP contribution in [0.15, 0.2) is 24.7 Å². The molecule has 0 saturated heterocycles. The lowest BCUT2D eigenvalue weighted by molar-refractivity contribution is 0.295. The summed E-state index contributed by atoms with van der Waals surface area (Å²) < 4.78 is 9.81. The van der Waals surface area contributed by atoms with Crippen molar-refractivity contribution in [3.05, 3.63) is 30.4 Å². The van der Waals surface area contributed by atoms with Crippen LogP contribution in [-0.4, -0.2) is 35.9 Å². The van der Waals surface area contributed by atoms with Crippen LogP contribution in [0.2, 0.25) is 0 Å². The molecule has 0 atom stereocenters. The van der Waals surface area contributed by atoms with Gasteiger partial charge in [-0.25, -0.2) is 19.6 Å². The van der Waals surface area contributed by atoms with Gasteiger partial charge in [0.15, 0.2) is 5.82 Å². The molecule has 4 rings (SSSR count). The van der Waals surface area contributed by atoms with E-state index in [1.807, 2.05) is 23.0 Å². The van der Waals surface area contributed by atoms with Gasteiger partial charge >= 0.3 is 0 Å². The van der Waals surface area contributed by atoms with Crippen LogP contribution >= 0.6 is 0 Å². The van der Waals surface area contributed by atoms with Crippen molar-refractivity contribution in [2.75, 3.05) is 6.61 Å². The quantitative estimate of drug-likeness (QED) is 0.741. The van der Waals surface area contributed by atoms with E-state index < -0.39 is 0 Å². The summed E-state index contributed by atoms with van der Waals surface area (Å²) in [5.41, 5.74) is 2.77. The molecule has 3 aromatic heterocycles. The summed E-state index contributed by atoms with van der Waals surface area (Å²) in [6.07, 6.45) is 4.48. The highest BCUT2D eigenvalue weighted by atomic mass is 16.5. The van der Waals surface area contributed by atoms with Gasteiger partial charge in [0.1, 0.15) is 24.5 Å². The van der Waals surface area contributed by atoms with Crippen LogP contribution in [0.1, 0.15) is 32.5 Å². The van der Waals surface area contributed by atoms with Crippen LogP contribution in [0.4, 0.5) is 0 Å². The summed E-state index contributed by atoms with van der Waals surface area (Å²) in [7, 11) is 0. The smallest absolute Gasteiger partial charge is 0.224 e. The number of pyridine rings is 1. The van der Waals surface area contributed by atoms with Crippen LogP contribution in [-0.2, 0) is 13.0 Å². The van der Waals surface area contributed by atoms with Crippen LogP contribution in [0.25, 0.3) is 22.9 Å². The molecule has 0 amide bonds. The summed E-state index contributed by atoms with van der Waals surface area (Å²) in [5.74, 6) is 2.31. The zero-order valence-electron chi connectivity index (χ0n) is 14.1. The van der Waals surface area contributed by atoms with E-state index in [4.69, 9.17) is 9.72 Å². The summed E-state index contributed by atoms with van der Waals surface area (Å²) in [6.45, 7) is 7.56. The van der Waals surface area contributed by atoms with Gasteiger partial charge in [0.2, 0.25) is 5.88 Å². The Bertz CT molecular complexity index is 879. The Kier molecular flexibility index (Phi) is 3.55. The molecule has 24 heavy (non-hydrogen) atoms. The molecule has 0 aliphatic carbocycles. The number of aryl methyl sites for hydroxylation is 1. The summed E-state index contributed by atoms with van der Waals surface area (Å²) in [5, 5.41) is 4.30. The number of imidazole rings is 1. The molecule has 1 aliphatic rings. The first-order chi connectivity index (χ1) is 11.7. The number of nitrogens with zero attached hydrogens (tertiary/aromatic N) is 6. The van der Waals surface area contributed by atoms with Crippen LogP contribution in [0, 0.1) is 0 Å². The standard InChI is InChI=1S/C17H20N6O/c1-4-12-5-6-13-15-21-14(16-18-10-19-23(16)11(2)3)9-22(15)7-8-24-17(13)20-12/h5-6,9-11H,4,7-8H2,1-3H3. The molecule has 3 aromatic rings. The van der Waals surface area contributed by atoms with Gasteiger partial charge in [-0.2, -0.15) is 5.10 Å². The molecule has 7 nitrogen and oxygen atoms in total. The van der Waals surface area contributed by atoms with Crippen molar-refractivity contribution in [1.82, 2.24) is 29.3 Å². The van der Waals surface area contributed by atoms with Gasteiger partial charge in [0.05, 0.1) is 12.1 Å². The predicted molar refractivity (Wildman–Crippen MR) is 89.7 cm³/mol. The third-order valence-corrected chi connectivity index (χ3v) is 4.16. The van der Waals surface area contributed by atoms with E-state index in [9.17, 15) is 0 Å². The van der Waals surface area contributed by atoms with E-state index in [0.717, 1.165) is 41.6 Å². The highest BCUT2D eigenvalue weighted by molar-refractivity contribution is 5.66. The Morgan fingerprint density at radius 2 is 2.08 bits per heavy atom. The molecule has 0 N–H and O–H groups in total. The van der Waals surface area contributed by atoms with Crippen molar-refractivity contribution < 1.29 is 4.74 Å². The highest BCUT2D eigenvalue weighted by Crippen LogP contribution is 2.32. The predicted octanol–water partition coefficient (Wildman–Crippen LogP) is 2.74. The molecule has 0 spiro atoms. The second-order valence-corrected chi connectivity index (χ2v) is 6.12. The normalized spacial score (nSPS) is 13.3. The molecule has 0 aromatic carbocycles. The van der Waals surface area contributed by atoms with Gasteiger partial charge in [-0.05, 0) is 32.4 Å². The van der Waals surface area contributed by atoms with Crippen LogP contribution < -0.4 is 4.74 Å². The molecule has 0 radical (unpaired) electrons. The monoisotopic (exact) mass is 324 g/mol. The van der Waals surface area contributed by atoms with Gasteiger partial charge in [-0.1, -0.05) is 6.92 Å². The third kappa shape index (κ3) is 2.36. The van der Waals surface area contributed by atoms with Gasteiger partial charge in [0, 0.05) is 17.9 Å². The molecule has 4 heterocycles. The minimum atomic E-state index is 0.230. The SMILES string of the molecule is CCc1ccc2c(n1)OCCn1cc(-c3ncnn3C(C)C)nc1-2. The van der Waals surface area contributed by atoms with Crippen LogP contribution in [0.5, 0.6) is 5.88 Å². The maximum absolute atomic E-state index is 5.82. The molecule has 0 saturated carbocycles. The lowest BCUT2D eigenvalue weighted by atomic mass is 10.2. The fraction of sp³-hybridized carbons (Fsp3) is 0.412. The lowest BCUT2D eigenvalue weighted by Gasteiger charge is -2.08. The van der Waals surface area contributed by atoms with Gasteiger partial charge < -0.3 is 9.30 Å². The number of aromatic nitrogens is 6. The third-order valence-electron chi connectivity index (χ3n) is 4.16. The largest absolute Gasteiger partial charge is 0.475 e. The maximum atomic E-state index is 5.82. The Balaban J connectivity index is 1.83. The Hall–Kier alpha value is -2.70. The first kappa shape index (κ1) is 14.9. The first-order valence-electron chi connectivity index (χ1n) is 8.27. The minimum Gasteiger partial charge on any atom is -0.475 e. The van der Waals surface area contributed by atoms with Gasteiger partial charge in [0.25, 0.3) is 0 Å². The Labute approximate surface area is 140 Å². The molecular formula is C17H20N6O. The molecule has 7 heteroatoms. The van der Waals surface area contributed by atoms with Gasteiger partial charge in [-0.3, -0.25) is 0 Å². The second kappa shape index (κ2) is 5.74. The van der Waals surface area contributed by atoms with E-state index in [-0.39, 0.29) is 6.04 Å². The maximum Gasteiger partial charge on any atom is 0.224 e. The number of rotatable bonds is 3. The van der Waals surface area contributed by atoms with Crippen molar-refractivity contribution in [2.24, 2.45) is 0 Å². The van der Waals surface area contributed by atoms with E-state index in [1.54, 1.807) is 6.33 Å². The second-order valence-electron chi connectivity index (χ2n) is 6.12. The van der Waals surface area contributed by atoms with Crippen molar-refractivity contribution in [2.45, 2.75) is 39.8 Å². The van der Waals surface area contributed by atoms with E-state index in [1.165, 1.54) is 0 Å². The zero-order valence-corrected chi connectivity index (χ0v) is 14.1. The van der Waals surface area contributed by atoms with Crippen LogP contribution in [0.3, 0.4) is 0 Å². The van der Waals surface area contributed by atoms with E-state index in [0.29, 0.717) is 12.5 Å². The topological polar surface area (TPSA) is 70.7 Å². The molecular weight excluding hydrogens is 304 g/mol. The Morgan fingerprint density at radius 1 is 1.21 bits per heavy atom. The fourth-order valence-electron chi connectivity index (χ4n) is 2.92. The minimum absolute atomic E-state index is 0.230. The summed E-state index contributed by atoms with van der Waals surface area (Å²) >= 11 is 0. The summed E-state index contributed by atoms with van der Waals surface area (Å²) in [6, 6.07) is 4.30. The highest BCUT2D eigenvalue weighted by Gasteiger charge is 2.22. The number of hydrogen-bond donors (Lipinski definition) is 0. The Morgan fingerprint density at radius 3 is 2.88 bits per heavy atom. The molecule has 124 valence electrons. The van der Waals surface area contributed by atoms with Crippen molar-refractivity contribution >= 4 is 0 Å². The summed E-state index contributed by atoms with van der Waals surface area (Å²) in [4.78, 5) is 13.8. The molecule has 0 fully saturated rings. The van der Waals surface area contributed by atoms with Gasteiger partial charge in [-0.15, -0.1) is 0 Å². The van der Waals surface area contributed by atoms with E-state index in [2.05, 4.69) is 40.4 Å². The molecule has 1 aliphatic heterocycles. The fourth-order valence-corrected chi connectivity index (χ4v) is 2.92. The molecule has 0 bridgehead atoms.